The molecule has 1 amide bonds. The second kappa shape index (κ2) is 9.73. The summed E-state index contributed by atoms with van der Waals surface area (Å²) < 4.78 is 16.3. The van der Waals surface area contributed by atoms with E-state index in [0.29, 0.717) is 33.9 Å². The highest BCUT2D eigenvalue weighted by molar-refractivity contribution is 6.35. The summed E-state index contributed by atoms with van der Waals surface area (Å²) >= 11 is 12.1. The summed E-state index contributed by atoms with van der Waals surface area (Å²) in [6.07, 6.45) is 1.76. The molecule has 0 radical (unpaired) electrons. The summed E-state index contributed by atoms with van der Waals surface area (Å²) in [4.78, 5) is 12.1. The van der Waals surface area contributed by atoms with Gasteiger partial charge in [0.05, 0.1) is 12.6 Å². The van der Waals surface area contributed by atoms with E-state index in [4.69, 9.17) is 37.4 Å². The fraction of sp³-hybridized carbons (Fsp3) is 0.130. The molecule has 8 heteroatoms. The Morgan fingerprint density at radius 2 is 1.84 bits per heavy atom. The van der Waals surface area contributed by atoms with E-state index in [2.05, 4.69) is 10.5 Å². The molecule has 0 spiro atoms. The van der Waals surface area contributed by atoms with Crippen molar-refractivity contribution in [2.24, 2.45) is 5.10 Å². The number of benzene rings is 3. The van der Waals surface area contributed by atoms with Crippen LogP contribution in [0.15, 0.2) is 65.8 Å². The first-order chi connectivity index (χ1) is 15.1. The van der Waals surface area contributed by atoms with Crippen molar-refractivity contribution in [2.75, 3.05) is 6.79 Å². The summed E-state index contributed by atoms with van der Waals surface area (Å²) in [5, 5.41) is 5.15. The van der Waals surface area contributed by atoms with Gasteiger partial charge >= 0.3 is 0 Å². The number of ether oxygens (including phenoxy) is 3. The van der Waals surface area contributed by atoms with Crippen molar-refractivity contribution in [3.8, 4) is 17.2 Å². The lowest BCUT2D eigenvalue weighted by atomic mass is 10.1. The van der Waals surface area contributed by atoms with Crippen molar-refractivity contribution in [2.45, 2.75) is 13.0 Å². The Morgan fingerprint density at radius 3 is 2.65 bits per heavy atom. The van der Waals surface area contributed by atoms with Crippen LogP contribution in [-0.2, 0) is 17.8 Å². The van der Waals surface area contributed by atoms with Gasteiger partial charge in [0.25, 0.3) is 0 Å². The summed E-state index contributed by atoms with van der Waals surface area (Å²) in [5.41, 5.74) is 5.01. The molecule has 6 nitrogen and oxygen atoms in total. The van der Waals surface area contributed by atoms with E-state index >= 15 is 0 Å². The zero-order valence-corrected chi connectivity index (χ0v) is 17.8. The maximum absolute atomic E-state index is 12.1. The molecule has 0 fully saturated rings. The van der Waals surface area contributed by atoms with Gasteiger partial charge in [-0.25, -0.2) is 5.43 Å². The lowest BCUT2D eigenvalue weighted by molar-refractivity contribution is -0.120. The third kappa shape index (κ3) is 5.69. The summed E-state index contributed by atoms with van der Waals surface area (Å²) in [6, 6.07) is 18.0. The monoisotopic (exact) mass is 456 g/mol. The number of carbonyl (C=O) groups excluding carboxylic acids is 1. The second-order valence-electron chi connectivity index (χ2n) is 6.75. The van der Waals surface area contributed by atoms with Gasteiger partial charge in [-0.1, -0.05) is 35.3 Å². The molecule has 0 atom stereocenters. The molecule has 3 aromatic rings. The van der Waals surface area contributed by atoms with Crippen LogP contribution in [0.1, 0.15) is 16.7 Å². The van der Waals surface area contributed by atoms with Crippen molar-refractivity contribution in [1.82, 2.24) is 5.43 Å². The Hall–Kier alpha value is -3.22. The molecule has 1 aliphatic rings. The first-order valence-electron chi connectivity index (χ1n) is 9.44. The van der Waals surface area contributed by atoms with E-state index in [1.807, 2.05) is 36.4 Å². The van der Waals surface area contributed by atoms with Crippen molar-refractivity contribution in [3.63, 3.8) is 0 Å². The molecular weight excluding hydrogens is 439 g/mol. The summed E-state index contributed by atoms with van der Waals surface area (Å²) in [6.45, 7) is 0.535. The van der Waals surface area contributed by atoms with Gasteiger partial charge in [-0.2, -0.15) is 5.10 Å². The molecule has 1 heterocycles. The van der Waals surface area contributed by atoms with Crippen molar-refractivity contribution in [1.29, 1.82) is 0 Å². The van der Waals surface area contributed by atoms with Crippen LogP contribution in [0.2, 0.25) is 10.0 Å². The zero-order valence-electron chi connectivity index (χ0n) is 16.3. The van der Waals surface area contributed by atoms with Crippen LogP contribution in [0.5, 0.6) is 17.2 Å². The van der Waals surface area contributed by atoms with Gasteiger partial charge in [0, 0.05) is 15.6 Å². The van der Waals surface area contributed by atoms with E-state index in [9.17, 15) is 4.79 Å². The molecule has 0 saturated carbocycles. The van der Waals surface area contributed by atoms with Gasteiger partial charge in [0.15, 0.2) is 11.5 Å². The number of halogens is 2. The van der Waals surface area contributed by atoms with E-state index < -0.39 is 0 Å². The molecule has 3 aromatic carbocycles. The Bertz CT molecular complexity index is 1120. The van der Waals surface area contributed by atoms with E-state index in [1.54, 1.807) is 30.5 Å². The summed E-state index contributed by atoms with van der Waals surface area (Å²) in [5.74, 6) is 1.80. The normalized spacial score (nSPS) is 12.2. The standard InChI is InChI=1S/C23H18Cl2N2O4/c24-18-5-4-17(20(25)11-18)13-29-19-6-1-15(2-7-19)12-26-27-23(28)10-16-3-8-21-22(9-16)31-14-30-21/h1-9,11-12H,10,13-14H2,(H,27,28)/b26-12-. The molecule has 0 aromatic heterocycles. The quantitative estimate of drug-likeness (QED) is 0.401. The number of rotatable bonds is 7. The number of hydrogen-bond donors (Lipinski definition) is 1. The molecule has 158 valence electrons. The van der Waals surface area contributed by atoms with Gasteiger partial charge in [-0.15, -0.1) is 0 Å². The van der Waals surface area contributed by atoms with Crippen molar-refractivity contribution < 1.29 is 19.0 Å². The minimum Gasteiger partial charge on any atom is -0.489 e. The molecule has 4 rings (SSSR count). The van der Waals surface area contributed by atoms with Crippen LogP contribution in [0.3, 0.4) is 0 Å². The number of nitrogens with one attached hydrogen (secondary N) is 1. The third-order valence-electron chi connectivity index (χ3n) is 4.49. The zero-order chi connectivity index (χ0) is 21.6. The van der Waals surface area contributed by atoms with Gasteiger partial charge in [-0.3, -0.25) is 4.79 Å². The lowest BCUT2D eigenvalue weighted by Gasteiger charge is -2.08. The fourth-order valence-electron chi connectivity index (χ4n) is 2.90. The third-order valence-corrected chi connectivity index (χ3v) is 5.08. The van der Waals surface area contributed by atoms with E-state index in [-0.39, 0.29) is 19.1 Å². The maximum atomic E-state index is 12.1. The predicted molar refractivity (Wildman–Crippen MR) is 119 cm³/mol. The van der Waals surface area contributed by atoms with Gasteiger partial charge in [0.2, 0.25) is 12.7 Å². The van der Waals surface area contributed by atoms with E-state index in [0.717, 1.165) is 16.7 Å². The highest BCUT2D eigenvalue weighted by atomic mass is 35.5. The molecule has 0 unspecified atom stereocenters. The Morgan fingerprint density at radius 1 is 1.03 bits per heavy atom. The van der Waals surface area contributed by atoms with Crippen molar-refractivity contribution in [3.05, 3.63) is 87.4 Å². The van der Waals surface area contributed by atoms with Crippen LogP contribution in [-0.4, -0.2) is 18.9 Å². The lowest BCUT2D eigenvalue weighted by Crippen LogP contribution is -2.19. The number of hydrazone groups is 1. The number of amides is 1. The van der Waals surface area contributed by atoms with Crippen LogP contribution in [0.4, 0.5) is 0 Å². The first kappa shape index (κ1) is 21.0. The highest BCUT2D eigenvalue weighted by Gasteiger charge is 2.14. The van der Waals surface area contributed by atoms with Crippen molar-refractivity contribution >= 4 is 35.3 Å². The number of carbonyl (C=O) groups is 1. The van der Waals surface area contributed by atoms with Gasteiger partial charge < -0.3 is 14.2 Å². The Kier molecular flexibility index (Phi) is 6.60. The number of fused-ring (bicyclic) bond motifs is 1. The average Bonchev–Trinajstić information content (AvgIpc) is 3.22. The number of nitrogens with zero attached hydrogens (tertiary/aromatic N) is 1. The molecule has 1 N–H and O–H groups in total. The molecule has 31 heavy (non-hydrogen) atoms. The molecule has 0 aliphatic carbocycles. The second-order valence-corrected chi connectivity index (χ2v) is 7.59. The molecule has 0 bridgehead atoms. The highest BCUT2D eigenvalue weighted by Crippen LogP contribution is 2.32. The molecular formula is C23H18Cl2N2O4. The van der Waals surface area contributed by atoms with Gasteiger partial charge in [0.1, 0.15) is 12.4 Å². The van der Waals surface area contributed by atoms with Gasteiger partial charge in [-0.05, 0) is 59.7 Å². The summed E-state index contributed by atoms with van der Waals surface area (Å²) in [7, 11) is 0. The largest absolute Gasteiger partial charge is 0.489 e. The van der Waals surface area contributed by atoms with Crippen LogP contribution < -0.4 is 19.6 Å². The Labute approximate surface area is 189 Å². The Balaban J connectivity index is 1.26. The fourth-order valence-corrected chi connectivity index (χ4v) is 3.37. The number of hydrogen-bond acceptors (Lipinski definition) is 5. The SMILES string of the molecule is O=C(Cc1ccc2c(c1)OCO2)N/N=C\c1ccc(OCc2ccc(Cl)cc2Cl)cc1. The minimum absolute atomic E-state index is 0.189. The minimum atomic E-state index is -0.227. The van der Waals surface area contributed by atoms with Crippen LogP contribution >= 0.6 is 23.2 Å². The molecule has 1 aliphatic heterocycles. The first-order valence-corrected chi connectivity index (χ1v) is 10.2. The topological polar surface area (TPSA) is 69.2 Å². The van der Waals surface area contributed by atoms with Crippen LogP contribution in [0.25, 0.3) is 0 Å². The smallest absolute Gasteiger partial charge is 0.244 e. The average molecular weight is 457 g/mol. The maximum Gasteiger partial charge on any atom is 0.244 e. The van der Waals surface area contributed by atoms with Crippen LogP contribution in [0, 0.1) is 0 Å². The predicted octanol–water partition coefficient (Wildman–Crippen LogP) is 4.99. The molecule has 0 saturated heterocycles. The van der Waals surface area contributed by atoms with E-state index in [1.165, 1.54) is 0 Å².